The highest BCUT2D eigenvalue weighted by Crippen LogP contribution is 2.34. The third kappa shape index (κ3) is 4.77. The predicted octanol–water partition coefficient (Wildman–Crippen LogP) is 4.48. The van der Waals surface area contributed by atoms with Gasteiger partial charge in [0.05, 0.1) is 16.2 Å². The molecule has 2 heterocycles. The number of fused-ring (bicyclic) bond motifs is 1. The summed E-state index contributed by atoms with van der Waals surface area (Å²) in [5.74, 6) is 0.623. The minimum Gasteiger partial charge on any atom is -0.491 e. The first-order valence-electron chi connectivity index (χ1n) is 8.83. The largest absolute Gasteiger partial charge is 0.491 e. The quantitative estimate of drug-likeness (QED) is 0.532. The third-order valence-electron chi connectivity index (χ3n) is 4.00. The molecule has 2 aromatic heterocycles. The maximum absolute atomic E-state index is 12.5. The van der Waals surface area contributed by atoms with E-state index >= 15 is 0 Å². The maximum atomic E-state index is 12.5. The molecule has 0 aliphatic rings. The summed E-state index contributed by atoms with van der Waals surface area (Å²) >= 11 is 3.05. The highest BCUT2D eigenvalue weighted by Gasteiger charge is 2.16. The van der Waals surface area contributed by atoms with Gasteiger partial charge in [-0.1, -0.05) is 11.3 Å². The lowest BCUT2D eigenvalue weighted by molar-refractivity contribution is 0.103. The summed E-state index contributed by atoms with van der Waals surface area (Å²) < 4.78 is 11.5. The van der Waals surface area contributed by atoms with E-state index in [4.69, 9.17) is 9.47 Å². The van der Waals surface area contributed by atoms with Gasteiger partial charge < -0.3 is 19.7 Å². The molecule has 0 radical (unpaired) electrons. The SMILES string of the molecule is CCN(CC)c1nc2sc(C(=O)Nc3ccc(OCCOC)cc3)cc2s1. The molecule has 27 heavy (non-hydrogen) atoms. The van der Waals surface area contributed by atoms with Gasteiger partial charge in [-0.2, -0.15) is 0 Å². The van der Waals surface area contributed by atoms with E-state index in [0.29, 0.717) is 18.1 Å². The van der Waals surface area contributed by atoms with Crippen molar-refractivity contribution in [3.05, 3.63) is 35.2 Å². The Bertz CT molecular complexity index is 854. The van der Waals surface area contributed by atoms with Crippen molar-refractivity contribution in [3.8, 4) is 5.75 Å². The number of nitrogens with one attached hydrogen (secondary N) is 1. The van der Waals surface area contributed by atoms with E-state index in [0.717, 1.165) is 39.2 Å². The number of benzene rings is 1. The Hall–Kier alpha value is -2.16. The lowest BCUT2D eigenvalue weighted by Gasteiger charge is -2.16. The van der Waals surface area contributed by atoms with Gasteiger partial charge in [0.2, 0.25) is 0 Å². The molecule has 6 nitrogen and oxygen atoms in total. The zero-order valence-corrected chi connectivity index (χ0v) is 17.3. The second-order valence-electron chi connectivity index (χ2n) is 5.77. The van der Waals surface area contributed by atoms with Crippen molar-refractivity contribution in [1.82, 2.24) is 4.98 Å². The van der Waals surface area contributed by atoms with Crippen LogP contribution in [0.15, 0.2) is 30.3 Å². The maximum Gasteiger partial charge on any atom is 0.265 e. The minimum atomic E-state index is -0.123. The van der Waals surface area contributed by atoms with Crippen LogP contribution < -0.4 is 15.0 Å². The van der Waals surface area contributed by atoms with Crippen molar-refractivity contribution >= 4 is 48.9 Å². The number of hydrogen-bond acceptors (Lipinski definition) is 7. The zero-order chi connectivity index (χ0) is 19.2. The monoisotopic (exact) mass is 405 g/mol. The Balaban J connectivity index is 1.64. The Labute approximate surface area is 166 Å². The van der Waals surface area contributed by atoms with Crippen LogP contribution in [0.2, 0.25) is 0 Å². The Morgan fingerprint density at radius 1 is 1.15 bits per heavy atom. The molecule has 0 aliphatic heterocycles. The second kappa shape index (κ2) is 9.16. The van der Waals surface area contributed by atoms with Crippen LogP contribution in [0.1, 0.15) is 23.5 Å². The summed E-state index contributed by atoms with van der Waals surface area (Å²) in [4.78, 5) is 21.0. The van der Waals surface area contributed by atoms with E-state index in [1.165, 1.54) is 11.3 Å². The van der Waals surface area contributed by atoms with Crippen LogP contribution in [0.3, 0.4) is 0 Å². The molecule has 3 aromatic rings. The van der Waals surface area contributed by atoms with Gasteiger partial charge in [0.1, 0.15) is 17.2 Å². The molecule has 1 N–H and O–H groups in total. The standard InChI is InChI=1S/C19H23N3O3S2/c1-4-22(5-2)19-21-18-16(27-19)12-15(26-18)17(23)20-13-6-8-14(9-7-13)25-11-10-24-3/h6-9,12H,4-5,10-11H2,1-3H3,(H,20,23). The number of carbonyl (C=O) groups is 1. The molecule has 0 saturated carbocycles. The lowest BCUT2D eigenvalue weighted by atomic mass is 10.3. The summed E-state index contributed by atoms with van der Waals surface area (Å²) in [6.45, 7) is 7.12. The highest BCUT2D eigenvalue weighted by molar-refractivity contribution is 7.29. The van der Waals surface area contributed by atoms with Crippen LogP contribution in [-0.2, 0) is 4.74 Å². The lowest BCUT2D eigenvalue weighted by Crippen LogP contribution is -2.21. The van der Waals surface area contributed by atoms with E-state index in [1.807, 2.05) is 30.3 Å². The van der Waals surface area contributed by atoms with Crippen LogP contribution in [0.5, 0.6) is 5.75 Å². The predicted molar refractivity (Wildman–Crippen MR) is 113 cm³/mol. The number of methoxy groups -OCH3 is 1. The molecular weight excluding hydrogens is 382 g/mol. The van der Waals surface area contributed by atoms with E-state index in [1.54, 1.807) is 18.4 Å². The number of thiophene rings is 1. The van der Waals surface area contributed by atoms with Gasteiger partial charge in [0.15, 0.2) is 5.13 Å². The Morgan fingerprint density at radius 3 is 2.52 bits per heavy atom. The van der Waals surface area contributed by atoms with Gasteiger partial charge in [0, 0.05) is 25.9 Å². The van der Waals surface area contributed by atoms with Crippen LogP contribution in [-0.4, -0.2) is 44.3 Å². The number of hydrogen-bond donors (Lipinski definition) is 1. The summed E-state index contributed by atoms with van der Waals surface area (Å²) in [6, 6.07) is 9.23. The van der Waals surface area contributed by atoms with Crippen molar-refractivity contribution in [3.63, 3.8) is 0 Å². The minimum absolute atomic E-state index is 0.123. The molecule has 0 bridgehead atoms. The van der Waals surface area contributed by atoms with Crippen molar-refractivity contribution in [1.29, 1.82) is 0 Å². The van der Waals surface area contributed by atoms with Crippen molar-refractivity contribution in [2.75, 3.05) is 43.6 Å². The summed E-state index contributed by atoms with van der Waals surface area (Å²) in [7, 11) is 1.64. The third-order valence-corrected chi connectivity index (χ3v) is 6.22. The highest BCUT2D eigenvalue weighted by atomic mass is 32.1. The number of ether oxygens (including phenoxy) is 2. The van der Waals surface area contributed by atoms with Crippen molar-refractivity contribution in [2.45, 2.75) is 13.8 Å². The van der Waals surface area contributed by atoms with E-state index in [2.05, 4.69) is 29.0 Å². The molecular formula is C19H23N3O3S2. The zero-order valence-electron chi connectivity index (χ0n) is 15.7. The van der Waals surface area contributed by atoms with E-state index in [-0.39, 0.29) is 5.91 Å². The molecule has 0 unspecified atom stereocenters. The number of anilines is 2. The first kappa shape index (κ1) is 19.6. The first-order valence-corrected chi connectivity index (χ1v) is 10.5. The molecule has 0 aliphatic carbocycles. The van der Waals surface area contributed by atoms with Gasteiger partial charge in [0.25, 0.3) is 5.91 Å². The number of thiazole rings is 1. The van der Waals surface area contributed by atoms with Gasteiger partial charge in [-0.3, -0.25) is 4.79 Å². The Morgan fingerprint density at radius 2 is 1.89 bits per heavy atom. The second-order valence-corrected chi connectivity index (χ2v) is 7.81. The normalized spacial score (nSPS) is 10.9. The number of amides is 1. The van der Waals surface area contributed by atoms with Gasteiger partial charge >= 0.3 is 0 Å². The fourth-order valence-corrected chi connectivity index (χ4v) is 4.77. The molecule has 0 fully saturated rings. The molecule has 0 atom stereocenters. The summed E-state index contributed by atoms with van der Waals surface area (Å²) in [6.07, 6.45) is 0. The smallest absolute Gasteiger partial charge is 0.265 e. The molecule has 3 rings (SSSR count). The average molecular weight is 406 g/mol. The number of nitrogens with zero attached hydrogens (tertiary/aromatic N) is 2. The van der Waals surface area contributed by atoms with Crippen LogP contribution in [0, 0.1) is 0 Å². The fraction of sp³-hybridized carbons (Fsp3) is 0.368. The number of carbonyl (C=O) groups excluding carboxylic acids is 1. The molecule has 1 aromatic carbocycles. The van der Waals surface area contributed by atoms with Crippen LogP contribution in [0.25, 0.3) is 9.53 Å². The molecule has 0 spiro atoms. The number of aromatic nitrogens is 1. The van der Waals surface area contributed by atoms with E-state index in [9.17, 15) is 4.79 Å². The summed E-state index contributed by atoms with van der Waals surface area (Å²) in [5, 5.41) is 3.93. The van der Waals surface area contributed by atoms with Crippen LogP contribution >= 0.6 is 22.7 Å². The fourth-order valence-electron chi connectivity index (χ4n) is 2.54. The van der Waals surface area contributed by atoms with Crippen molar-refractivity contribution < 1.29 is 14.3 Å². The average Bonchev–Trinajstić information content (AvgIpc) is 3.24. The van der Waals surface area contributed by atoms with E-state index < -0.39 is 0 Å². The van der Waals surface area contributed by atoms with Crippen LogP contribution in [0.4, 0.5) is 10.8 Å². The Kier molecular flexibility index (Phi) is 6.65. The molecule has 1 amide bonds. The topological polar surface area (TPSA) is 63.7 Å². The van der Waals surface area contributed by atoms with Gasteiger partial charge in [-0.15, -0.1) is 11.3 Å². The summed E-state index contributed by atoms with van der Waals surface area (Å²) in [5.41, 5.74) is 0.729. The van der Waals surface area contributed by atoms with Gasteiger partial charge in [-0.05, 0) is 44.2 Å². The molecule has 144 valence electrons. The molecule has 0 saturated heterocycles. The number of rotatable bonds is 9. The van der Waals surface area contributed by atoms with Gasteiger partial charge in [-0.25, -0.2) is 4.98 Å². The van der Waals surface area contributed by atoms with Crippen molar-refractivity contribution in [2.24, 2.45) is 0 Å². The molecule has 8 heteroatoms. The first-order chi connectivity index (χ1) is 13.1.